The molecule has 4 unspecified atom stereocenters. The SMILES string of the molecule is CCC=CC12CC1(C)C(C)C/C=C\C=C(/C)C1=C(C)C=C(F)CC12. The van der Waals surface area contributed by atoms with Crippen LogP contribution in [0.3, 0.4) is 0 Å². The van der Waals surface area contributed by atoms with Crippen molar-refractivity contribution in [2.45, 2.75) is 60.3 Å². The fourth-order valence-electron chi connectivity index (χ4n) is 5.23. The molecule has 1 fully saturated rings. The number of halogens is 1. The van der Waals surface area contributed by atoms with Crippen LogP contribution in [0.5, 0.6) is 0 Å². The van der Waals surface area contributed by atoms with E-state index >= 15 is 0 Å². The van der Waals surface area contributed by atoms with Crippen LogP contribution < -0.4 is 0 Å². The monoisotopic (exact) mass is 326 g/mol. The van der Waals surface area contributed by atoms with Crippen LogP contribution in [0, 0.1) is 22.7 Å². The van der Waals surface area contributed by atoms with E-state index in [-0.39, 0.29) is 22.6 Å². The van der Waals surface area contributed by atoms with Crippen LogP contribution in [0.1, 0.15) is 60.3 Å². The van der Waals surface area contributed by atoms with E-state index in [9.17, 15) is 4.39 Å². The maximum atomic E-state index is 14.4. The van der Waals surface area contributed by atoms with Gasteiger partial charge in [-0.15, -0.1) is 0 Å². The molecule has 0 N–H and O–H groups in total. The highest BCUT2D eigenvalue weighted by Gasteiger charge is 2.68. The highest BCUT2D eigenvalue weighted by Crippen LogP contribution is 2.75. The Morgan fingerprint density at radius 3 is 2.79 bits per heavy atom. The van der Waals surface area contributed by atoms with Crippen molar-refractivity contribution in [3.63, 3.8) is 0 Å². The summed E-state index contributed by atoms with van der Waals surface area (Å²) < 4.78 is 14.4. The Balaban J connectivity index is 2.18. The van der Waals surface area contributed by atoms with Crippen molar-refractivity contribution in [2.24, 2.45) is 22.7 Å². The van der Waals surface area contributed by atoms with E-state index in [0.717, 1.165) is 18.4 Å². The summed E-state index contributed by atoms with van der Waals surface area (Å²) in [6.45, 7) is 11.3. The fraction of sp³-hybridized carbons (Fsp3) is 0.565. The van der Waals surface area contributed by atoms with E-state index in [4.69, 9.17) is 0 Å². The first kappa shape index (κ1) is 17.5. The van der Waals surface area contributed by atoms with E-state index in [0.29, 0.717) is 12.3 Å². The van der Waals surface area contributed by atoms with Crippen LogP contribution in [-0.4, -0.2) is 0 Å². The molecular formula is C23H31F. The predicted molar refractivity (Wildman–Crippen MR) is 101 cm³/mol. The molecule has 3 aliphatic rings. The van der Waals surface area contributed by atoms with Gasteiger partial charge in [-0.2, -0.15) is 0 Å². The Morgan fingerprint density at radius 1 is 1.33 bits per heavy atom. The number of allylic oxidation sites excluding steroid dienone is 10. The van der Waals surface area contributed by atoms with Gasteiger partial charge < -0.3 is 0 Å². The van der Waals surface area contributed by atoms with Gasteiger partial charge in [-0.25, -0.2) is 4.39 Å². The molecule has 0 spiro atoms. The zero-order valence-electron chi connectivity index (χ0n) is 15.8. The van der Waals surface area contributed by atoms with Gasteiger partial charge in [-0.3, -0.25) is 0 Å². The molecule has 0 bridgehead atoms. The number of hydrogen-bond donors (Lipinski definition) is 0. The number of fused-ring (bicyclic) bond motifs is 3. The van der Waals surface area contributed by atoms with Gasteiger partial charge in [-0.1, -0.05) is 51.2 Å². The molecule has 1 heteroatoms. The molecule has 1 saturated carbocycles. The Morgan fingerprint density at radius 2 is 2.08 bits per heavy atom. The molecule has 24 heavy (non-hydrogen) atoms. The molecule has 0 heterocycles. The number of rotatable bonds is 2. The highest BCUT2D eigenvalue weighted by atomic mass is 19.1. The number of hydrogen-bond acceptors (Lipinski definition) is 0. The van der Waals surface area contributed by atoms with Gasteiger partial charge in [0.25, 0.3) is 0 Å². The molecule has 0 aromatic heterocycles. The van der Waals surface area contributed by atoms with Crippen LogP contribution in [0.25, 0.3) is 0 Å². The second kappa shape index (κ2) is 6.17. The second-order valence-corrected chi connectivity index (χ2v) is 8.30. The molecule has 0 radical (unpaired) electrons. The minimum atomic E-state index is 0.0489. The van der Waals surface area contributed by atoms with Crippen molar-refractivity contribution in [2.75, 3.05) is 0 Å². The van der Waals surface area contributed by atoms with E-state index in [1.165, 1.54) is 17.6 Å². The van der Waals surface area contributed by atoms with Crippen molar-refractivity contribution in [3.05, 3.63) is 59.0 Å². The molecule has 130 valence electrons. The van der Waals surface area contributed by atoms with Crippen LogP contribution in [0.2, 0.25) is 0 Å². The first-order chi connectivity index (χ1) is 11.4. The lowest BCUT2D eigenvalue weighted by Crippen LogP contribution is -2.29. The van der Waals surface area contributed by atoms with Crippen molar-refractivity contribution in [1.82, 2.24) is 0 Å². The summed E-state index contributed by atoms with van der Waals surface area (Å²) in [6, 6.07) is 0. The highest BCUT2D eigenvalue weighted by molar-refractivity contribution is 5.49. The summed E-state index contributed by atoms with van der Waals surface area (Å²) in [7, 11) is 0. The minimum absolute atomic E-state index is 0.0489. The molecule has 0 amide bonds. The third-order valence-electron chi connectivity index (χ3n) is 6.90. The summed E-state index contributed by atoms with van der Waals surface area (Å²) in [6.07, 6.45) is 17.1. The van der Waals surface area contributed by atoms with Gasteiger partial charge in [0, 0.05) is 17.8 Å². The predicted octanol–water partition coefficient (Wildman–Crippen LogP) is 7.08. The first-order valence-corrected chi connectivity index (χ1v) is 9.44. The quantitative estimate of drug-likeness (QED) is 0.475. The normalized spacial score (nSPS) is 42.8. The topological polar surface area (TPSA) is 0 Å². The summed E-state index contributed by atoms with van der Waals surface area (Å²) in [5.41, 5.74) is 4.14. The molecule has 0 aromatic rings. The van der Waals surface area contributed by atoms with Gasteiger partial charge in [0.15, 0.2) is 0 Å². The maximum Gasteiger partial charge on any atom is 0.101 e. The van der Waals surface area contributed by atoms with Crippen LogP contribution in [0.4, 0.5) is 4.39 Å². The van der Waals surface area contributed by atoms with E-state index < -0.39 is 0 Å². The van der Waals surface area contributed by atoms with Crippen LogP contribution >= 0.6 is 0 Å². The van der Waals surface area contributed by atoms with E-state index in [2.05, 4.69) is 65.0 Å². The molecule has 0 nitrogen and oxygen atoms in total. The van der Waals surface area contributed by atoms with Crippen molar-refractivity contribution < 1.29 is 4.39 Å². The Kier molecular flexibility index (Phi) is 4.49. The first-order valence-electron chi connectivity index (χ1n) is 9.44. The second-order valence-electron chi connectivity index (χ2n) is 8.30. The lowest BCUT2D eigenvalue weighted by Gasteiger charge is -2.37. The molecule has 0 saturated heterocycles. The summed E-state index contributed by atoms with van der Waals surface area (Å²) in [5.74, 6) is 0.922. The molecule has 3 rings (SSSR count). The standard InChI is InChI=1S/C23H31F/c1-6-7-12-23-15-22(23,5)18(4)11-9-8-10-16(2)21-17(3)13-19(24)14-20(21)23/h7-10,12-13,18,20H,6,11,14-15H2,1-5H3/b9-8-,12-7?,16-10+. The zero-order chi connectivity index (χ0) is 17.5. The van der Waals surface area contributed by atoms with Crippen molar-refractivity contribution >= 4 is 0 Å². The molecule has 3 aliphatic carbocycles. The molecule has 0 aromatic carbocycles. The molecule has 4 atom stereocenters. The van der Waals surface area contributed by atoms with E-state index in [1.807, 2.05) is 0 Å². The fourth-order valence-corrected chi connectivity index (χ4v) is 5.23. The van der Waals surface area contributed by atoms with Gasteiger partial charge in [0.05, 0.1) is 0 Å². The lowest BCUT2D eigenvalue weighted by molar-refractivity contribution is 0.240. The average Bonchev–Trinajstić information content (AvgIpc) is 3.15. The van der Waals surface area contributed by atoms with Crippen molar-refractivity contribution in [3.8, 4) is 0 Å². The van der Waals surface area contributed by atoms with E-state index in [1.54, 1.807) is 6.08 Å². The lowest BCUT2D eigenvalue weighted by atomic mass is 9.67. The van der Waals surface area contributed by atoms with Gasteiger partial charge >= 0.3 is 0 Å². The maximum absolute atomic E-state index is 14.4. The van der Waals surface area contributed by atoms with Crippen LogP contribution in [-0.2, 0) is 0 Å². The smallest absolute Gasteiger partial charge is 0.101 e. The third kappa shape index (κ3) is 2.57. The Hall–Kier alpha value is -1.37. The minimum Gasteiger partial charge on any atom is -0.212 e. The van der Waals surface area contributed by atoms with Crippen LogP contribution in [0.15, 0.2) is 59.0 Å². The zero-order valence-corrected chi connectivity index (χ0v) is 15.8. The van der Waals surface area contributed by atoms with Gasteiger partial charge in [0.2, 0.25) is 0 Å². The summed E-state index contributed by atoms with van der Waals surface area (Å²) >= 11 is 0. The summed E-state index contributed by atoms with van der Waals surface area (Å²) in [5, 5.41) is 0. The van der Waals surface area contributed by atoms with Gasteiger partial charge in [-0.05, 0) is 67.2 Å². The Labute approximate surface area is 146 Å². The van der Waals surface area contributed by atoms with Gasteiger partial charge in [0.1, 0.15) is 5.83 Å². The third-order valence-corrected chi connectivity index (χ3v) is 6.90. The molecular weight excluding hydrogens is 295 g/mol. The molecule has 0 aliphatic heterocycles. The average molecular weight is 326 g/mol. The van der Waals surface area contributed by atoms with Crippen molar-refractivity contribution in [1.29, 1.82) is 0 Å². The Bertz CT molecular complexity index is 672. The largest absolute Gasteiger partial charge is 0.212 e. The summed E-state index contributed by atoms with van der Waals surface area (Å²) in [4.78, 5) is 0.